The molecule has 1 amide bonds. The Hall–Kier alpha value is -3.10. The van der Waals surface area contributed by atoms with Crippen LogP contribution in [0.15, 0.2) is 47.6 Å². The van der Waals surface area contributed by atoms with Crippen LogP contribution in [0.1, 0.15) is 43.9 Å². The molecule has 2 unspecified atom stereocenters. The lowest BCUT2D eigenvalue weighted by Crippen LogP contribution is -2.41. The van der Waals surface area contributed by atoms with Crippen molar-refractivity contribution in [3.05, 3.63) is 53.6 Å². The molecule has 0 spiro atoms. The third kappa shape index (κ3) is 6.45. The Morgan fingerprint density at radius 3 is 2.56 bits per heavy atom. The molecular formula is C24H32N4O4. The van der Waals surface area contributed by atoms with E-state index in [0.717, 1.165) is 23.3 Å². The highest BCUT2D eigenvalue weighted by molar-refractivity contribution is 5.85. The quantitative estimate of drug-likeness (QED) is 0.388. The molecule has 1 aliphatic heterocycles. The summed E-state index contributed by atoms with van der Waals surface area (Å²) >= 11 is 0. The molecule has 0 radical (unpaired) electrons. The van der Waals surface area contributed by atoms with Crippen molar-refractivity contribution in [2.75, 3.05) is 20.8 Å². The summed E-state index contributed by atoms with van der Waals surface area (Å²) in [5, 5.41) is 4.06. The number of nitrogens with one attached hydrogen (secondary N) is 3. The first-order valence-electron chi connectivity index (χ1n) is 10.8. The Balaban J connectivity index is 1.48. The molecule has 0 bridgehead atoms. The summed E-state index contributed by atoms with van der Waals surface area (Å²) in [6.07, 6.45) is 3.21. The second-order valence-corrected chi connectivity index (χ2v) is 8.08. The molecule has 1 aliphatic rings. The first-order chi connectivity index (χ1) is 15.5. The van der Waals surface area contributed by atoms with Crippen molar-refractivity contribution in [3.63, 3.8) is 0 Å². The average Bonchev–Trinajstić information content (AvgIpc) is 3.29. The van der Waals surface area contributed by atoms with E-state index >= 15 is 0 Å². The number of carbonyl (C=O) groups excluding carboxylic acids is 1. The van der Waals surface area contributed by atoms with Gasteiger partial charge >= 0.3 is 0 Å². The van der Waals surface area contributed by atoms with E-state index in [2.05, 4.69) is 35.2 Å². The van der Waals surface area contributed by atoms with Crippen LogP contribution in [-0.4, -0.2) is 39.0 Å². The third-order valence-corrected chi connectivity index (χ3v) is 5.26. The molecule has 2 aromatic carbocycles. The maximum absolute atomic E-state index is 12.5. The molecule has 1 saturated heterocycles. The standard InChI is InChI=1S/C24H32N4O4/c1-16(2)11-12-32-19-8-6-18(7-9-19)20-14-21(27-26-20)24(29)28-25-15-17-5-10-22(30-3)23(13-17)31-4/h5-10,13,15-16,20-21,26-27H,11-12,14H2,1-4H3,(H,28,29)/b25-15+. The molecule has 0 aliphatic carbocycles. The lowest BCUT2D eigenvalue weighted by atomic mass is 10.0. The van der Waals surface area contributed by atoms with Gasteiger partial charge in [-0.1, -0.05) is 26.0 Å². The number of hydrazine groups is 1. The summed E-state index contributed by atoms with van der Waals surface area (Å²) in [5.74, 6) is 2.51. The fraction of sp³-hybridized carbons (Fsp3) is 0.417. The Morgan fingerprint density at radius 2 is 1.88 bits per heavy atom. The van der Waals surface area contributed by atoms with E-state index in [1.165, 1.54) is 0 Å². The van der Waals surface area contributed by atoms with Gasteiger partial charge in [0.25, 0.3) is 5.91 Å². The highest BCUT2D eigenvalue weighted by atomic mass is 16.5. The molecule has 32 heavy (non-hydrogen) atoms. The predicted molar refractivity (Wildman–Crippen MR) is 124 cm³/mol. The zero-order chi connectivity index (χ0) is 22.9. The number of ether oxygens (including phenoxy) is 3. The molecule has 0 saturated carbocycles. The van der Waals surface area contributed by atoms with E-state index in [0.29, 0.717) is 30.4 Å². The Labute approximate surface area is 189 Å². The van der Waals surface area contributed by atoms with Gasteiger partial charge < -0.3 is 14.2 Å². The second-order valence-electron chi connectivity index (χ2n) is 8.08. The van der Waals surface area contributed by atoms with Crippen LogP contribution >= 0.6 is 0 Å². The number of carbonyl (C=O) groups is 1. The van der Waals surface area contributed by atoms with Crippen molar-refractivity contribution < 1.29 is 19.0 Å². The van der Waals surface area contributed by atoms with E-state index < -0.39 is 0 Å². The number of methoxy groups -OCH3 is 2. The molecule has 8 heteroatoms. The van der Waals surface area contributed by atoms with E-state index in [9.17, 15) is 4.79 Å². The van der Waals surface area contributed by atoms with Crippen molar-refractivity contribution in [3.8, 4) is 17.2 Å². The summed E-state index contributed by atoms with van der Waals surface area (Å²) in [7, 11) is 3.15. The fourth-order valence-electron chi connectivity index (χ4n) is 3.34. The van der Waals surface area contributed by atoms with Crippen LogP contribution in [-0.2, 0) is 4.79 Å². The number of hydrazone groups is 1. The second kappa shape index (κ2) is 11.5. The van der Waals surface area contributed by atoms with Gasteiger partial charge in [0, 0.05) is 6.04 Å². The summed E-state index contributed by atoms with van der Waals surface area (Å²) in [6.45, 7) is 5.07. The highest BCUT2D eigenvalue weighted by Gasteiger charge is 2.30. The zero-order valence-corrected chi connectivity index (χ0v) is 19.1. The third-order valence-electron chi connectivity index (χ3n) is 5.26. The summed E-state index contributed by atoms with van der Waals surface area (Å²) in [5.41, 5.74) is 10.7. The topological polar surface area (TPSA) is 93.2 Å². The summed E-state index contributed by atoms with van der Waals surface area (Å²) in [6, 6.07) is 13.1. The Kier molecular flexibility index (Phi) is 8.47. The first kappa shape index (κ1) is 23.6. The van der Waals surface area contributed by atoms with Crippen LogP contribution < -0.4 is 30.5 Å². The molecule has 2 aromatic rings. The number of rotatable bonds is 10. The van der Waals surface area contributed by atoms with Gasteiger partial charge in [-0.05, 0) is 60.2 Å². The maximum Gasteiger partial charge on any atom is 0.258 e. The van der Waals surface area contributed by atoms with Crippen molar-refractivity contribution in [1.29, 1.82) is 0 Å². The number of benzene rings is 2. The van der Waals surface area contributed by atoms with Crippen LogP contribution in [0.4, 0.5) is 0 Å². The van der Waals surface area contributed by atoms with Gasteiger partial charge in [-0.3, -0.25) is 4.79 Å². The minimum Gasteiger partial charge on any atom is -0.494 e. The highest BCUT2D eigenvalue weighted by Crippen LogP contribution is 2.27. The van der Waals surface area contributed by atoms with Gasteiger partial charge in [-0.15, -0.1) is 0 Å². The number of amides is 1. The summed E-state index contributed by atoms with van der Waals surface area (Å²) in [4.78, 5) is 12.5. The van der Waals surface area contributed by atoms with E-state index in [1.807, 2.05) is 30.3 Å². The van der Waals surface area contributed by atoms with Gasteiger partial charge in [0.05, 0.1) is 27.0 Å². The van der Waals surface area contributed by atoms with Crippen LogP contribution in [0.2, 0.25) is 0 Å². The van der Waals surface area contributed by atoms with Gasteiger partial charge in [0.15, 0.2) is 11.5 Å². The fourth-order valence-corrected chi connectivity index (χ4v) is 3.34. The molecule has 172 valence electrons. The smallest absolute Gasteiger partial charge is 0.258 e. The number of hydrogen-bond donors (Lipinski definition) is 3. The molecular weight excluding hydrogens is 408 g/mol. The van der Waals surface area contributed by atoms with Crippen molar-refractivity contribution in [1.82, 2.24) is 16.3 Å². The van der Waals surface area contributed by atoms with E-state index in [4.69, 9.17) is 14.2 Å². The van der Waals surface area contributed by atoms with Crippen LogP contribution in [0.5, 0.6) is 17.2 Å². The average molecular weight is 441 g/mol. The van der Waals surface area contributed by atoms with Crippen LogP contribution in [0.3, 0.4) is 0 Å². The van der Waals surface area contributed by atoms with Crippen LogP contribution in [0, 0.1) is 5.92 Å². The Bertz CT molecular complexity index is 915. The van der Waals surface area contributed by atoms with Gasteiger partial charge in [0.2, 0.25) is 0 Å². The van der Waals surface area contributed by atoms with Crippen LogP contribution in [0.25, 0.3) is 0 Å². The number of hydrogen-bond acceptors (Lipinski definition) is 7. The number of nitrogens with zero attached hydrogens (tertiary/aromatic N) is 1. The summed E-state index contributed by atoms with van der Waals surface area (Å²) < 4.78 is 16.3. The van der Waals surface area contributed by atoms with E-state index in [-0.39, 0.29) is 18.0 Å². The predicted octanol–water partition coefficient (Wildman–Crippen LogP) is 3.19. The van der Waals surface area contributed by atoms with E-state index in [1.54, 1.807) is 32.6 Å². The normalized spacial score (nSPS) is 18.2. The lowest BCUT2D eigenvalue weighted by Gasteiger charge is -2.12. The van der Waals surface area contributed by atoms with Gasteiger partial charge in [-0.2, -0.15) is 5.10 Å². The van der Waals surface area contributed by atoms with Crippen molar-refractivity contribution in [2.45, 2.75) is 38.8 Å². The van der Waals surface area contributed by atoms with Crippen molar-refractivity contribution in [2.24, 2.45) is 11.0 Å². The SMILES string of the molecule is COc1ccc(/C=N/NC(=O)C2CC(c3ccc(OCCC(C)C)cc3)NN2)cc1OC. The maximum atomic E-state index is 12.5. The molecule has 1 fully saturated rings. The molecule has 2 atom stereocenters. The Morgan fingerprint density at radius 1 is 1.12 bits per heavy atom. The molecule has 1 heterocycles. The minimum atomic E-state index is -0.385. The molecule has 8 nitrogen and oxygen atoms in total. The largest absolute Gasteiger partial charge is 0.494 e. The molecule has 3 rings (SSSR count). The minimum absolute atomic E-state index is 0.0327. The zero-order valence-electron chi connectivity index (χ0n) is 19.1. The lowest BCUT2D eigenvalue weighted by molar-refractivity contribution is -0.122. The first-order valence-corrected chi connectivity index (χ1v) is 10.8. The van der Waals surface area contributed by atoms with Gasteiger partial charge in [0.1, 0.15) is 11.8 Å². The molecule has 0 aromatic heterocycles. The molecule has 3 N–H and O–H groups in total. The van der Waals surface area contributed by atoms with Gasteiger partial charge in [-0.25, -0.2) is 16.3 Å². The van der Waals surface area contributed by atoms with Crippen molar-refractivity contribution >= 4 is 12.1 Å². The monoisotopic (exact) mass is 440 g/mol.